The maximum absolute atomic E-state index is 12.0. The van der Waals surface area contributed by atoms with Gasteiger partial charge < -0.3 is 15.1 Å². The van der Waals surface area contributed by atoms with Crippen molar-refractivity contribution in [3.63, 3.8) is 0 Å². The molecule has 1 fully saturated rings. The first-order valence-corrected chi connectivity index (χ1v) is 6.27. The summed E-state index contributed by atoms with van der Waals surface area (Å²) in [5, 5.41) is 6.22. The van der Waals surface area contributed by atoms with Gasteiger partial charge in [0, 0.05) is 0 Å². The molecule has 0 spiro atoms. The zero-order chi connectivity index (χ0) is 12.3. The van der Waals surface area contributed by atoms with E-state index in [0.717, 1.165) is 37.3 Å². The van der Waals surface area contributed by atoms with Crippen molar-refractivity contribution in [3.8, 4) is 0 Å². The highest BCUT2D eigenvalue weighted by molar-refractivity contribution is 5.82. The third-order valence-corrected chi connectivity index (χ3v) is 3.17. The summed E-state index contributed by atoms with van der Waals surface area (Å²) >= 11 is 0. The van der Waals surface area contributed by atoms with Gasteiger partial charge >= 0.3 is 0 Å². The molecule has 0 radical (unpaired) electrons. The molecule has 1 amide bonds. The molecule has 2 atom stereocenters. The average Bonchev–Trinajstić information content (AvgIpc) is 2.77. The minimum absolute atomic E-state index is 0.0396. The Morgan fingerprint density at radius 1 is 1.53 bits per heavy atom. The first-order chi connectivity index (χ1) is 8.16. The molecule has 4 nitrogen and oxygen atoms in total. The molecule has 94 valence electrons. The molecule has 4 heteroatoms. The van der Waals surface area contributed by atoms with Crippen LogP contribution >= 0.6 is 0 Å². The molecule has 1 saturated heterocycles. The first-order valence-electron chi connectivity index (χ1n) is 6.27. The molecular formula is C13H20N2O2. The summed E-state index contributed by atoms with van der Waals surface area (Å²) in [6.45, 7) is 4.78. The molecule has 2 N–H and O–H groups in total. The third kappa shape index (κ3) is 3.09. The summed E-state index contributed by atoms with van der Waals surface area (Å²) in [7, 11) is 0. The van der Waals surface area contributed by atoms with Gasteiger partial charge in [-0.1, -0.05) is 6.42 Å². The Labute approximate surface area is 102 Å². The Hall–Kier alpha value is -1.29. The van der Waals surface area contributed by atoms with E-state index < -0.39 is 0 Å². The van der Waals surface area contributed by atoms with E-state index in [1.807, 2.05) is 26.0 Å². The van der Waals surface area contributed by atoms with Crippen molar-refractivity contribution >= 4 is 5.91 Å². The molecule has 1 aromatic heterocycles. The number of rotatable bonds is 3. The van der Waals surface area contributed by atoms with Crippen LogP contribution in [0.5, 0.6) is 0 Å². The predicted molar refractivity (Wildman–Crippen MR) is 65.6 cm³/mol. The fraction of sp³-hybridized carbons (Fsp3) is 0.615. The van der Waals surface area contributed by atoms with Gasteiger partial charge in [-0.05, 0) is 45.4 Å². The Morgan fingerprint density at radius 3 is 2.94 bits per heavy atom. The van der Waals surface area contributed by atoms with E-state index in [0.29, 0.717) is 0 Å². The monoisotopic (exact) mass is 236 g/mol. The number of hydrogen-bond acceptors (Lipinski definition) is 3. The normalized spacial score (nSPS) is 22.1. The van der Waals surface area contributed by atoms with Gasteiger partial charge in [0.15, 0.2) is 0 Å². The number of carbonyl (C=O) groups is 1. The molecule has 0 saturated carbocycles. The fourth-order valence-corrected chi connectivity index (χ4v) is 2.15. The molecule has 2 heterocycles. The largest absolute Gasteiger partial charge is 0.464 e. The molecule has 1 aromatic rings. The summed E-state index contributed by atoms with van der Waals surface area (Å²) < 4.78 is 5.50. The van der Waals surface area contributed by atoms with E-state index in [-0.39, 0.29) is 18.0 Å². The van der Waals surface area contributed by atoms with Gasteiger partial charge in [0.2, 0.25) is 5.91 Å². The molecule has 1 aliphatic rings. The fourth-order valence-electron chi connectivity index (χ4n) is 2.15. The maximum atomic E-state index is 12.0. The SMILES string of the molecule is Cc1ccc(C(C)NC(=O)[C@H]2CCCCN2)o1. The lowest BCUT2D eigenvalue weighted by Gasteiger charge is -2.24. The van der Waals surface area contributed by atoms with Crippen molar-refractivity contribution < 1.29 is 9.21 Å². The van der Waals surface area contributed by atoms with Crippen molar-refractivity contribution in [2.75, 3.05) is 6.54 Å². The summed E-state index contributed by atoms with van der Waals surface area (Å²) in [5.41, 5.74) is 0. The zero-order valence-electron chi connectivity index (χ0n) is 10.5. The standard InChI is InChI=1S/C13H20N2O2/c1-9-6-7-12(17-9)10(2)15-13(16)11-5-3-4-8-14-11/h6-7,10-11,14H,3-5,8H2,1-2H3,(H,15,16)/t10?,11-/m1/s1. The Morgan fingerprint density at radius 2 is 2.35 bits per heavy atom. The molecule has 1 unspecified atom stereocenters. The van der Waals surface area contributed by atoms with E-state index in [9.17, 15) is 4.79 Å². The van der Waals surface area contributed by atoms with Gasteiger partial charge in [-0.25, -0.2) is 0 Å². The molecule has 0 bridgehead atoms. The molecular weight excluding hydrogens is 216 g/mol. The minimum atomic E-state index is -0.0695. The molecule has 2 rings (SSSR count). The zero-order valence-corrected chi connectivity index (χ0v) is 10.5. The van der Waals surface area contributed by atoms with Crippen LogP contribution in [0.25, 0.3) is 0 Å². The number of piperidine rings is 1. The Balaban J connectivity index is 1.89. The van der Waals surface area contributed by atoms with Crippen LogP contribution in [0, 0.1) is 6.92 Å². The smallest absolute Gasteiger partial charge is 0.237 e. The topological polar surface area (TPSA) is 54.3 Å². The molecule has 0 aliphatic carbocycles. The average molecular weight is 236 g/mol. The lowest BCUT2D eigenvalue weighted by Crippen LogP contribution is -2.47. The molecule has 0 aromatic carbocycles. The molecule has 17 heavy (non-hydrogen) atoms. The second-order valence-corrected chi connectivity index (χ2v) is 4.68. The summed E-state index contributed by atoms with van der Waals surface area (Å²) in [6.07, 6.45) is 3.21. The van der Waals surface area contributed by atoms with Crippen LogP contribution in [-0.2, 0) is 4.79 Å². The number of aryl methyl sites for hydroxylation is 1. The van der Waals surface area contributed by atoms with Crippen molar-refractivity contribution in [1.82, 2.24) is 10.6 Å². The van der Waals surface area contributed by atoms with Gasteiger partial charge in [-0.2, -0.15) is 0 Å². The van der Waals surface area contributed by atoms with Crippen LogP contribution in [-0.4, -0.2) is 18.5 Å². The Kier molecular flexibility index (Phi) is 3.84. The van der Waals surface area contributed by atoms with Crippen molar-refractivity contribution in [2.45, 2.75) is 45.2 Å². The van der Waals surface area contributed by atoms with Gasteiger partial charge in [-0.3, -0.25) is 4.79 Å². The van der Waals surface area contributed by atoms with Crippen LogP contribution < -0.4 is 10.6 Å². The van der Waals surface area contributed by atoms with Gasteiger partial charge in [0.1, 0.15) is 11.5 Å². The van der Waals surface area contributed by atoms with Crippen molar-refractivity contribution in [1.29, 1.82) is 0 Å². The van der Waals surface area contributed by atoms with Crippen LogP contribution in [0.2, 0.25) is 0 Å². The lowest BCUT2D eigenvalue weighted by atomic mass is 10.0. The highest BCUT2D eigenvalue weighted by Crippen LogP contribution is 2.16. The van der Waals surface area contributed by atoms with Crippen LogP contribution in [0.15, 0.2) is 16.5 Å². The second-order valence-electron chi connectivity index (χ2n) is 4.68. The third-order valence-electron chi connectivity index (χ3n) is 3.17. The lowest BCUT2D eigenvalue weighted by molar-refractivity contribution is -0.124. The van der Waals surface area contributed by atoms with E-state index in [4.69, 9.17) is 4.42 Å². The number of nitrogens with one attached hydrogen (secondary N) is 2. The van der Waals surface area contributed by atoms with Gasteiger partial charge in [0.25, 0.3) is 0 Å². The molecule has 1 aliphatic heterocycles. The maximum Gasteiger partial charge on any atom is 0.237 e. The van der Waals surface area contributed by atoms with E-state index in [1.165, 1.54) is 0 Å². The predicted octanol–water partition coefficient (Wildman–Crippen LogP) is 1.91. The highest BCUT2D eigenvalue weighted by Gasteiger charge is 2.22. The number of carbonyl (C=O) groups excluding carboxylic acids is 1. The van der Waals surface area contributed by atoms with Crippen molar-refractivity contribution in [3.05, 3.63) is 23.7 Å². The second kappa shape index (κ2) is 5.36. The number of amides is 1. The van der Waals surface area contributed by atoms with Crippen LogP contribution in [0.4, 0.5) is 0 Å². The van der Waals surface area contributed by atoms with Crippen LogP contribution in [0.1, 0.15) is 43.7 Å². The quantitative estimate of drug-likeness (QED) is 0.843. The Bertz CT molecular complexity index is 381. The highest BCUT2D eigenvalue weighted by atomic mass is 16.3. The minimum Gasteiger partial charge on any atom is -0.464 e. The van der Waals surface area contributed by atoms with E-state index in [2.05, 4.69) is 10.6 Å². The number of furan rings is 1. The summed E-state index contributed by atoms with van der Waals surface area (Å²) in [4.78, 5) is 12.0. The first kappa shape index (κ1) is 12.2. The summed E-state index contributed by atoms with van der Waals surface area (Å²) in [5.74, 6) is 1.76. The summed E-state index contributed by atoms with van der Waals surface area (Å²) in [6, 6.07) is 3.72. The van der Waals surface area contributed by atoms with Crippen molar-refractivity contribution in [2.24, 2.45) is 0 Å². The van der Waals surface area contributed by atoms with E-state index >= 15 is 0 Å². The number of hydrogen-bond donors (Lipinski definition) is 2. The van der Waals surface area contributed by atoms with Crippen LogP contribution in [0.3, 0.4) is 0 Å². The van der Waals surface area contributed by atoms with Gasteiger partial charge in [0.05, 0.1) is 12.1 Å². The van der Waals surface area contributed by atoms with Gasteiger partial charge in [-0.15, -0.1) is 0 Å². The van der Waals surface area contributed by atoms with E-state index in [1.54, 1.807) is 0 Å².